The third kappa shape index (κ3) is 4.18. The molecule has 1 saturated heterocycles. The van der Waals surface area contributed by atoms with Gasteiger partial charge in [0.25, 0.3) is 0 Å². The molecule has 1 N–H and O–H groups in total. The van der Waals surface area contributed by atoms with E-state index in [1.165, 1.54) is 0 Å². The molecule has 0 amide bonds. The highest BCUT2D eigenvalue weighted by Gasteiger charge is 2.23. The van der Waals surface area contributed by atoms with Crippen molar-refractivity contribution < 1.29 is 8.42 Å². The summed E-state index contributed by atoms with van der Waals surface area (Å²) in [7, 11) is -2.84. The highest BCUT2D eigenvalue weighted by atomic mass is 32.2. The maximum absolute atomic E-state index is 11.5. The van der Waals surface area contributed by atoms with E-state index in [9.17, 15) is 8.42 Å². The van der Waals surface area contributed by atoms with Crippen molar-refractivity contribution in [2.75, 3.05) is 36.0 Å². The maximum Gasteiger partial charge on any atom is 0.153 e. The molecule has 2 rings (SSSR count). The van der Waals surface area contributed by atoms with Crippen LogP contribution in [0.4, 0.5) is 5.69 Å². The maximum atomic E-state index is 11.5. The van der Waals surface area contributed by atoms with Gasteiger partial charge in [-0.3, -0.25) is 4.98 Å². The zero-order valence-corrected chi connectivity index (χ0v) is 13.0. The number of anilines is 1. The highest BCUT2D eigenvalue weighted by molar-refractivity contribution is 7.91. The number of rotatable bonds is 5. The van der Waals surface area contributed by atoms with Gasteiger partial charge in [0.05, 0.1) is 11.5 Å². The van der Waals surface area contributed by atoms with Gasteiger partial charge in [0.1, 0.15) is 0 Å². The van der Waals surface area contributed by atoms with Crippen molar-refractivity contribution >= 4 is 15.5 Å². The number of hydrogen-bond donors (Lipinski definition) is 1. The molecule has 0 bridgehead atoms. The van der Waals surface area contributed by atoms with Crippen LogP contribution in [0.25, 0.3) is 0 Å². The summed E-state index contributed by atoms with van der Waals surface area (Å²) in [5.74, 6) is 1.10. The second kappa shape index (κ2) is 6.54. The summed E-state index contributed by atoms with van der Waals surface area (Å²) in [5, 5.41) is 3.41. The zero-order chi connectivity index (χ0) is 14.6. The first-order chi connectivity index (χ1) is 9.48. The van der Waals surface area contributed by atoms with Gasteiger partial charge in [-0.1, -0.05) is 13.8 Å². The van der Waals surface area contributed by atoms with Gasteiger partial charge in [-0.2, -0.15) is 0 Å². The van der Waals surface area contributed by atoms with Crippen LogP contribution < -0.4 is 10.2 Å². The van der Waals surface area contributed by atoms with Gasteiger partial charge in [0.2, 0.25) is 0 Å². The number of aromatic nitrogens is 1. The van der Waals surface area contributed by atoms with Crippen molar-refractivity contribution in [2.24, 2.45) is 5.92 Å². The Labute approximate surface area is 121 Å². The third-order valence-corrected chi connectivity index (χ3v) is 5.04. The molecule has 20 heavy (non-hydrogen) atoms. The van der Waals surface area contributed by atoms with Crippen LogP contribution in [0, 0.1) is 5.92 Å². The lowest BCUT2D eigenvalue weighted by molar-refractivity contribution is 0.551. The monoisotopic (exact) mass is 297 g/mol. The normalized spacial score (nSPS) is 18.4. The van der Waals surface area contributed by atoms with E-state index < -0.39 is 9.84 Å². The fourth-order valence-electron chi connectivity index (χ4n) is 2.31. The van der Waals surface area contributed by atoms with Crippen LogP contribution in [0.5, 0.6) is 0 Å². The molecule has 0 radical (unpaired) electrons. The lowest BCUT2D eigenvalue weighted by Crippen LogP contribution is -2.41. The summed E-state index contributed by atoms with van der Waals surface area (Å²) in [5.41, 5.74) is 2.23. The van der Waals surface area contributed by atoms with Crippen LogP contribution in [-0.2, 0) is 16.4 Å². The van der Waals surface area contributed by atoms with Gasteiger partial charge in [-0.15, -0.1) is 0 Å². The summed E-state index contributed by atoms with van der Waals surface area (Å²) < 4.78 is 23.0. The van der Waals surface area contributed by atoms with Crippen molar-refractivity contribution in [3.63, 3.8) is 0 Å². The summed E-state index contributed by atoms with van der Waals surface area (Å²) in [4.78, 5) is 6.33. The Morgan fingerprint density at radius 3 is 2.70 bits per heavy atom. The predicted octanol–water partition coefficient (Wildman–Crippen LogP) is 1.06. The Morgan fingerprint density at radius 2 is 2.05 bits per heavy atom. The van der Waals surface area contributed by atoms with Crippen molar-refractivity contribution in [3.05, 3.63) is 24.0 Å². The minimum Gasteiger partial charge on any atom is -0.369 e. The minimum atomic E-state index is -2.84. The van der Waals surface area contributed by atoms with Gasteiger partial charge >= 0.3 is 0 Å². The summed E-state index contributed by atoms with van der Waals surface area (Å²) in [6, 6.07) is 1.98. The zero-order valence-electron chi connectivity index (χ0n) is 12.2. The Kier molecular flexibility index (Phi) is 4.99. The minimum absolute atomic E-state index is 0.244. The van der Waals surface area contributed by atoms with Gasteiger partial charge in [0.15, 0.2) is 9.84 Å². The second-order valence-electron chi connectivity index (χ2n) is 5.67. The van der Waals surface area contributed by atoms with E-state index in [2.05, 4.69) is 29.0 Å². The van der Waals surface area contributed by atoms with E-state index in [1.807, 2.05) is 12.3 Å². The van der Waals surface area contributed by atoms with Crippen molar-refractivity contribution in [2.45, 2.75) is 20.4 Å². The molecule has 112 valence electrons. The lowest BCUT2D eigenvalue weighted by Gasteiger charge is -2.30. The molecule has 0 unspecified atom stereocenters. The number of nitrogens with zero attached hydrogens (tertiary/aromatic N) is 2. The van der Waals surface area contributed by atoms with Crippen LogP contribution in [-0.4, -0.2) is 44.5 Å². The summed E-state index contributed by atoms with van der Waals surface area (Å²) in [6.07, 6.45) is 3.64. The first kappa shape index (κ1) is 15.3. The molecule has 1 aliphatic rings. The van der Waals surface area contributed by atoms with Crippen LogP contribution in [0.1, 0.15) is 19.4 Å². The summed E-state index contributed by atoms with van der Waals surface area (Å²) in [6.45, 7) is 7.22. The molecule has 0 atom stereocenters. The van der Waals surface area contributed by atoms with Crippen LogP contribution in [0.3, 0.4) is 0 Å². The summed E-state index contributed by atoms with van der Waals surface area (Å²) >= 11 is 0. The van der Waals surface area contributed by atoms with Gasteiger partial charge in [0, 0.05) is 43.3 Å². The van der Waals surface area contributed by atoms with E-state index >= 15 is 0 Å². The number of sulfone groups is 1. The van der Waals surface area contributed by atoms with E-state index in [0.29, 0.717) is 19.0 Å². The molecule has 1 fully saturated rings. The van der Waals surface area contributed by atoms with Crippen molar-refractivity contribution in [3.8, 4) is 0 Å². The predicted molar refractivity (Wildman–Crippen MR) is 81.6 cm³/mol. The number of pyridine rings is 1. The quantitative estimate of drug-likeness (QED) is 0.880. The lowest BCUT2D eigenvalue weighted by atomic mass is 10.2. The highest BCUT2D eigenvalue weighted by Crippen LogP contribution is 2.21. The molecule has 0 aliphatic carbocycles. The first-order valence-electron chi connectivity index (χ1n) is 7.07. The fourth-order valence-corrected chi connectivity index (χ4v) is 3.51. The standard InChI is InChI=1S/C14H23N3O2S/c1-12(2)9-16-11-13-10-15-4-3-14(13)17-5-7-20(18,19)8-6-17/h3-4,10,12,16H,5-9,11H2,1-2H3. The van der Waals surface area contributed by atoms with Crippen molar-refractivity contribution in [1.29, 1.82) is 0 Å². The van der Waals surface area contributed by atoms with E-state index in [0.717, 1.165) is 24.3 Å². The van der Waals surface area contributed by atoms with Crippen LogP contribution in [0.15, 0.2) is 18.5 Å². The average Bonchev–Trinajstić information content (AvgIpc) is 2.39. The molecule has 0 aromatic carbocycles. The van der Waals surface area contributed by atoms with E-state index in [1.54, 1.807) is 6.20 Å². The number of hydrogen-bond acceptors (Lipinski definition) is 5. The van der Waals surface area contributed by atoms with Gasteiger partial charge in [-0.25, -0.2) is 8.42 Å². The Hall–Kier alpha value is -1.14. The molecular formula is C14H23N3O2S. The molecule has 1 aliphatic heterocycles. The number of nitrogens with one attached hydrogen (secondary N) is 1. The Balaban J connectivity index is 2.04. The van der Waals surface area contributed by atoms with Crippen LogP contribution >= 0.6 is 0 Å². The molecular weight excluding hydrogens is 274 g/mol. The van der Waals surface area contributed by atoms with E-state index in [-0.39, 0.29) is 11.5 Å². The smallest absolute Gasteiger partial charge is 0.153 e. The van der Waals surface area contributed by atoms with Gasteiger partial charge < -0.3 is 10.2 Å². The molecule has 5 nitrogen and oxygen atoms in total. The molecule has 0 spiro atoms. The molecule has 2 heterocycles. The largest absolute Gasteiger partial charge is 0.369 e. The molecule has 0 saturated carbocycles. The SMILES string of the molecule is CC(C)CNCc1cnccc1N1CCS(=O)(=O)CC1. The third-order valence-electron chi connectivity index (χ3n) is 3.43. The van der Waals surface area contributed by atoms with Gasteiger partial charge in [-0.05, 0) is 18.5 Å². The average molecular weight is 297 g/mol. The molecule has 6 heteroatoms. The topological polar surface area (TPSA) is 62.3 Å². The van der Waals surface area contributed by atoms with E-state index in [4.69, 9.17) is 0 Å². The molecule has 1 aromatic rings. The Bertz CT molecular complexity index is 529. The fraction of sp³-hybridized carbons (Fsp3) is 0.643. The first-order valence-corrected chi connectivity index (χ1v) is 8.89. The molecule has 1 aromatic heterocycles. The van der Waals surface area contributed by atoms with Crippen LogP contribution in [0.2, 0.25) is 0 Å². The van der Waals surface area contributed by atoms with Crippen molar-refractivity contribution in [1.82, 2.24) is 10.3 Å². The Morgan fingerprint density at radius 1 is 1.35 bits per heavy atom. The second-order valence-corrected chi connectivity index (χ2v) is 7.97.